The lowest BCUT2D eigenvalue weighted by Crippen LogP contribution is -2.29. The number of rotatable bonds is 4. The van der Waals surface area contributed by atoms with Crippen LogP contribution in [0.1, 0.15) is 5.56 Å². The molecule has 0 bridgehead atoms. The third-order valence-electron chi connectivity index (χ3n) is 2.47. The van der Waals surface area contributed by atoms with Gasteiger partial charge >= 0.3 is 7.12 Å². The minimum Gasteiger partial charge on any atom is -0.489 e. The van der Waals surface area contributed by atoms with Crippen molar-refractivity contribution >= 4 is 24.2 Å². The van der Waals surface area contributed by atoms with Gasteiger partial charge in [0.25, 0.3) is 0 Å². The third-order valence-corrected chi connectivity index (χ3v) is 2.73. The molecule has 0 aliphatic carbocycles. The molecule has 0 aliphatic rings. The molecule has 0 saturated carbocycles. The number of hydrogen-bond acceptors (Lipinski definition) is 3. The fraction of sp³-hybridized carbons (Fsp3) is 0.0769. The monoisotopic (exact) mass is 262 g/mol. The highest BCUT2D eigenvalue weighted by molar-refractivity contribution is 6.58. The van der Waals surface area contributed by atoms with E-state index in [-0.39, 0.29) is 0 Å². The Kier molecular flexibility index (Phi) is 4.26. The van der Waals surface area contributed by atoms with E-state index >= 15 is 0 Å². The van der Waals surface area contributed by atoms with E-state index in [1.54, 1.807) is 36.4 Å². The molecule has 92 valence electrons. The molecule has 0 heterocycles. The summed E-state index contributed by atoms with van der Waals surface area (Å²) in [5.74, 6) is 0.593. The minimum absolute atomic E-state index is 0.405. The van der Waals surface area contributed by atoms with Gasteiger partial charge in [-0.3, -0.25) is 0 Å². The Morgan fingerprint density at radius 3 is 2.44 bits per heavy atom. The molecule has 0 aliphatic heterocycles. The Morgan fingerprint density at radius 1 is 1.06 bits per heavy atom. The first-order chi connectivity index (χ1) is 8.65. The number of ether oxygens (including phenoxy) is 1. The van der Waals surface area contributed by atoms with Crippen molar-refractivity contribution in [3.8, 4) is 5.75 Å². The van der Waals surface area contributed by atoms with Crippen LogP contribution in [0.25, 0.3) is 0 Å². The summed E-state index contributed by atoms with van der Waals surface area (Å²) in [6, 6.07) is 14.1. The van der Waals surface area contributed by atoms with Gasteiger partial charge in [0.15, 0.2) is 0 Å². The normalized spacial score (nSPS) is 10.2. The predicted octanol–water partition coefficient (Wildman–Crippen LogP) is 1.60. The van der Waals surface area contributed by atoms with Gasteiger partial charge in [-0.05, 0) is 35.3 Å². The first kappa shape index (κ1) is 13.0. The molecule has 0 radical (unpaired) electrons. The van der Waals surface area contributed by atoms with Crippen LogP contribution in [0.3, 0.4) is 0 Å². The van der Waals surface area contributed by atoms with Crippen molar-refractivity contribution in [2.45, 2.75) is 6.61 Å². The molecular formula is C13H12BClO3. The summed E-state index contributed by atoms with van der Waals surface area (Å²) in [4.78, 5) is 0. The zero-order valence-electron chi connectivity index (χ0n) is 9.58. The second-order valence-electron chi connectivity index (χ2n) is 3.86. The van der Waals surface area contributed by atoms with Crippen molar-refractivity contribution in [3.63, 3.8) is 0 Å². The van der Waals surface area contributed by atoms with Gasteiger partial charge in [-0.15, -0.1) is 0 Å². The molecule has 0 saturated heterocycles. The zero-order valence-corrected chi connectivity index (χ0v) is 10.3. The summed E-state index contributed by atoms with van der Waals surface area (Å²) >= 11 is 5.79. The van der Waals surface area contributed by atoms with E-state index in [2.05, 4.69) is 0 Å². The zero-order chi connectivity index (χ0) is 13.0. The fourth-order valence-electron chi connectivity index (χ4n) is 1.51. The first-order valence-electron chi connectivity index (χ1n) is 5.48. The highest BCUT2D eigenvalue weighted by Crippen LogP contribution is 2.13. The average Bonchev–Trinajstić information content (AvgIpc) is 2.38. The van der Waals surface area contributed by atoms with Gasteiger partial charge in [-0.2, -0.15) is 0 Å². The first-order valence-corrected chi connectivity index (χ1v) is 5.86. The maximum Gasteiger partial charge on any atom is 0.488 e. The second kappa shape index (κ2) is 5.91. The maximum absolute atomic E-state index is 9.05. The summed E-state index contributed by atoms with van der Waals surface area (Å²) in [7, 11) is -1.48. The van der Waals surface area contributed by atoms with Gasteiger partial charge < -0.3 is 14.8 Å². The van der Waals surface area contributed by atoms with Gasteiger partial charge in [0, 0.05) is 5.02 Å². The lowest BCUT2D eigenvalue weighted by atomic mass is 9.80. The molecular weight excluding hydrogens is 250 g/mol. The Bertz CT molecular complexity index is 514. The van der Waals surface area contributed by atoms with Crippen LogP contribution in [0.15, 0.2) is 48.5 Å². The molecule has 2 aromatic carbocycles. The molecule has 2 aromatic rings. The lowest BCUT2D eigenvalue weighted by Gasteiger charge is -2.08. The van der Waals surface area contributed by atoms with Crippen molar-refractivity contribution in [3.05, 3.63) is 59.1 Å². The molecule has 3 nitrogen and oxygen atoms in total. The molecule has 0 unspecified atom stereocenters. The van der Waals surface area contributed by atoms with Crippen LogP contribution in [0, 0.1) is 0 Å². The van der Waals surface area contributed by atoms with Crippen LogP contribution < -0.4 is 10.2 Å². The Balaban J connectivity index is 2.01. The van der Waals surface area contributed by atoms with Gasteiger partial charge in [0.1, 0.15) is 12.4 Å². The molecule has 5 heteroatoms. The highest BCUT2D eigenvalue weighted by atomic mass is 35.5. The van der Waals surface area contributed by atoms with Crippen LogP contribution in [0.4, 0.5) is 0 Å². The molecule has 0 amide bonds. The number of halogens is 1. The van der Waals surface area contributed by atoms with Crippen molar-refractivity contribution in [1.82, 2.24) is 0 Å². The Morgan fingerprint density at radius 2 is 1.78 bits per heavy atom. The van der Waals surface area contributed by atoms with Crippen LogP contribution in [-0.4, -0.2) is 17.2 Å². The van der Waals surface area contributed by atoms with Crippen LogP contribution in [0.2, 0.25) is 5.02 Å². The van der Waals surface area contributed by atoms with Crippen LogP contribution >= 0.6 is 11.6 Å². The third kappa shape index (κ3) is 3.50. The summed E-state index contributed by atoms with van der Waals surface area (Å²) in [6.45, 7) is 0.405. The van der Waals surface area contributed by atoms with Crippen molar-refractivity contribution in [2.24, 2.45) is 0 Å². The van der Waals surface area contributed by atoms with E-state index in [0.29, 0.717) is 22.8 Å². The quantitative estimate of drug-likeness (QED) is 0.823. The molecule has 0 spiro atoms. The van der Waals surface area contributed by atoms with E-state index in [4.69, 9.17) is 26.4 Å². The van der Waals surface area contributed by atoms with Gasteiger partial charge in [0.2, 0.25) is 0 Å². The number of hydrogen-bond donors (Lipinski definition) is 2. The SMILES string of the molecule is OB(O)c1cccc(OCc2ccc(Cl)cc2)c1. The fourth-order valence-corrected chi connectivity index (χ4v) is 1.64. The van der Waals surface area contributed by atoms with E-state index in [1.807, 2.05) is 12.1 Å². The van der Waals surface area contributed by atoms with Gasteiger partial charge in [-0.1, -0.05) is 35.9 Å². The largest absolute Gasteiger partial charge is 0.489 e. The van der Waals surface area contributed by atoms with E-state index in [1.165, 1.54) is 0 Å². The number of benzene rings is 2. The smallest absolute Gasteiger partial charge is 0.488 e. The van der Waals surface area contributed by atoms with E-state index in [9.17, 15) is 0 Å². The van der Waals surface area contributed by atoms with E-state index < -0.39 is 7.12 Å². The molecule has 18 heavy (non-hydrogen) atoms. The van der Waals surface area contributed by atoms with Gasteiger partial charge in [-0.25, -0.2) is 0 Å². The average molecular weight is 263 g/mol. The Hall–Kier alpha value is -1.49. The molecule has 2 N–H and O–H groups in total. The predicted molar refractivity (Wildman–Crippen MR) is 72.1 cm³/mol. The Labute approximate surface area is 111 Å². The van der Waals surface area contributed by atoms with Crippen LogP contribution in [-0.2, 0) is 6.61 Å². The minimum atomic E-state index is -1.48. The summed E-state index contributed by atoms with van der Waals surface area (Å²) in [5.41, 5.74) is 1.40. The topological polar surface area (TPSA) is 49.7 Å². The summed E-state index contributed by atoms with van der Waals surface area (Å²) in [5, 5.41) is 18.8. The van der Waals surface area contributed by atoms with Crippen LogP contribution in [0.5, 0.6) is 5.75 Å². The van der Waals surface area contributed by atoms with Gasteiger partial charge in [0.05, 0.1) is 0 Å². The van der Waals surface area contributed by atoms with Crippen molar-refractivity contribution < 1.29 is 14.8 Å². The highest BCUT2D eigenvalue weighted by Gasteiger charge is 2.10. The molecule has 0 atom stereocenters. The molecule has 0 aromatic heterocycles. The summed E-state index contributed by atoms with van der Waals surface area (Å²) in [6.07, 6.45) is 0. The standard InChI is InChI=1S/C13H12BClO3/c15-12-6-4-10(5-7-12)9-18-13-3-1-2-11(8-13)14(16)17/h1-8,16-17H,9H2. The molecule has 2 rings (SSSR count). The molecule has 0 fully saturated rings. The maximum atomic E-state index is 9.05. The summed E-state index contributed by atoms with van der Waals surface area (Å²) < 4.78 is 5.56. The second-order valence-corrected chi connectivity index (χ2v) is 4.30. The van der Waals surface area contributed by atoms with E-state index in [0.717, 1.165) is 5.56 Å². The van der Waals surface area contributed by atoms with Crippen molar-refractivity contribution in [1.29, 1.82) is 0 Å². The van der Waals surface area contributed by atoms with Crippen molar-refractivity contribution in [2.75, 3.05) is 0 Å². The lowest BCUT2D eigenvalue weighted by molar-refractivity contribution is 0.306.